The van der Waals surface area contributed by atoms with Crippen LogP contribution in [0.1, 0.15) is 19.3 Å². The summed E-state index contributed by atoms with van der Waals surface area (Å²) in [5.74, 6) is 0.329. The second-order valence-corrected chi connectivity index (χ2v) is 3.68. The van der Waals surface area contributed by atoms with Gasteiger partial charge in [-0.15, -0.1) is 0 Å². The lowest BCUT2D eigenvalue weighted by molar-refractivity contribution is -0.133. The SMILES string of the molecule is O=C(/C=C/C1=CCC=C1)OC1=CCCC=C1. The van der Waals surface area contributed by atoms with E-state index >= 15 is 0 Å². The van der Waals surface area contributed by atoms with Gasteiger partial charge in [0.05, 0.1) is 0 Å². The topological polar surface area (TPSA) is 26.3 Å². The lowest BCUT2D eigenvalue weighted by Crippen LogP contribution is -2.00. The minimum Gasteiger partial charge on any atom is -0.424 e. The normalized spacial score (nSPS) is 18.8. The summed E-state index contributed by atoms with van der Waals surface area (Å²) in [4.78, 5) is 11.4. The standard InChI is InChI=1S/C14H14O2/c15-14(11-10-12-6-4-5-7-12)16-13-8-2-1-3-9-13/h2,4,6-11H,1,3,5H2/b11-10+. The zero-order valence-corrected chi connectivity index (χ0v) is 9.06. The van der Waals surface area contributed by atoms with Crippen LogP contribution in [0.5, 0.6) is 0 Å². The molecule has 0 unspecified atom stereocenters. The van der Waals surface area contributed by atoms with Gasteiger partial charge >= 0.3 is 5.97 Å². The van der Waals surface area contributed by atoms with Crippen LogP contribution in [0.2, 0.25) is 0 Å². The van der Waals surface area contributed by atoms with Crippen molar-refractivity contribution in [2.45, 2.75) is 19.3 Å². The maximum Gasteiger partial charge on any atom is 0.336 e. The van der Waals surface area contributed by atoms with Crippen LogP contribution in [-0.4, -0.2) is 5.97 Å². The van der Waals surface area contributed by atoms with E-state index < -0.39 is 0 Å². The van der Waals surface area contributed by atoms with Gasteiger partial charge in [0.15, 0.2) is 0 Å². The number of esters is 1. The average molecular weight is 214 g/mol. The van der Waals surface area contributed by atoms with E-state index in [1.807, 2.05) is 24.3 Å². The first-order chi connectivity index (χ1) is 7.84. The first-order valence-electron chi connectivity index (χ1n) is 5.48. The van der Waals surface area contributed by atoms with Crippen molar-refractivity contribution < 1.29 is 9.53 Å². The van der Waals surface area contributed by atoms with Crippen molar-refractivity contribution in [1.82, 2.24) is 0 Å². The zero-order chi connectivity index (χ0) is 11.2. The molecule has 2 aliphatic rings. The quantitative estimate of drug-likeness (QED) is 0.532. The Bertz CT molecular complexity index is 420. The maximum atomic E-state index is 11.4. The number of ether oxygens (including phenoxy) is 1. The number of rotatable bonds is 3. The number of allylic oxidation sites excluding steroid dienone is 8. The van der Waals surface area contributed by atoms with Gasteiger partial charge in [-0.25, -0.2) is 4.79 Å². The first-order valence-corrected chi connectivity index (χ1v) is 5.48. The van der Waals surface area contributed by atoms with E-state index in [0.717, 1.165) is 24.8 Å². The van der Waals surface area contributed by atoms with Crippen LogP contribution in [0.4, 0.5) is 0 Å². The smallest absolute Gasteiger partial charge is 0.336 e. The second-order valence-electron chi connectivity index (χ2n) is 3.68. The van der Waals surface area contributed by atoms with Crippen LogP contribution in [-0.2, 0) is 9.53 Å². The van der Waals surface area contributed by atoms with Crippen LogP contribution in [0, 0.1) is 0 Å². The van der Waals surface area contributed by atoms with Gasteiger partial charge in [0.25, 0.3) is 0 Å². The van der Waals surface area contributed by atoms with Crippen LogP contribution in [0.3, 0.4) is 0 Å². The molecular weight excluding hydrogens is 200 g/mol. The highest BCUT2D eigenvalue weighted by Gasteiger charge is 2.03. The van der Waals surface area contributed by atoms with Crippen molar-refractivity contribution in [3.8, 4) is 0 Å². The van der Waals surface area contributed by atoms with Crippen molar-refractivity contribution in [3.05, 3.63) is 59.9 Å². The van der Waals surface area contributed by atoms with Gasteiger partial charge in [0, 0.05) is 6.08 Å². The predicted molar refractivity (Wildman–Crippen MR) is 63.5 cm³/mol. The molecule has 2 aliphatic carbocycles. The summed E-state index contributed by atoms with van der Waals surface area (Å²) in [5, 5.41) is 0. The first kappa shape index (κ1) is 10.7. The second kappa shape index (κ2) is 5.31. The highest BCUT2D eigenvalue weighted by Crippen LogP contribution is 2.12. The summed E-state index contributed by atoms with van der Waals surface area (Å²) < 4.78 is 5.15. The highest BCUT2D eigenvalue weighted by atomic mass is 16.5. The third-order valence-electron chi connectivity index (χ3n) is 2.39. The highest BCUT2D eigenvalue weighted by molar-refractivity contribution is 5.83. The Morgan fingerprint density at radius 3 is 2.81 bits per heavy atom. The zero-order valence-electron chi connectivity index (χ0n) is 9.06. The lowest BCUT2D eigenvalue weighted by atomic mass is 10.2. The van der Waals surface area contributed by atoms with Gasteiger partial charge in [0.1, 0.15) is 5.76 Å². The monoisotopic (exact) mass is 214 g/mol. The molecule has 0 fully saturated rings. The van der Waals surface area contributed by atoms with Gasteiger partial charge in [-0.05, 0) is 43.1 Å². The molecule has 0 amide bonds. The van der Waals surface area contributed by atoms with Crippen molar-refractivity contribution in [2.24, 2.45) is 0 Å². The predicted octanol–water partition coefficient (Wildman–Crippen LogP) is 3.21. The van der Waals surface area contributed by atoms with E-state index in [0.29, 0.717) is 5.76 Å². The van der Waals surface area contributed by atoms with Crippen LogP contribution >= 0.6 is 0 Å². The Kier molecular flexibility index (Phi) is 3.54. The molecule has 0 N–H and O–H groups in total. The molecule has 0 saturated carbocycles. The van der Waals surface area contributed by atoms with Crippen LogP contribution in [0.15, 0.2) is 59.9 Å². The Labute approximate surface area is 95.3 Å². The molecule has 0 aromatic heterocycles. The van der Waals surface area contributed by atoms with E-state index in [1.54, 1.807) is 6.08 Å². The molecule has 0 aromatic carbocycles. The molecule has 0 aromatic rings. The molecule has 2 nitrogen and oxygen atoms in total. The van der Waals surface area contributed by atoms with Gasteiger partial charge in [0.2, 0.25) is 0 Å². The lowest BCUT2D eigenvalue weighted by Gasteiger charge is -2.05. The number of carbonyl (C=O) groups is 1. The Balaban J connectivity index is 1.86. The number of carbonyl (C=O) groups excluding carboxylic acids is 1. The van der Waals surface area contributed by atoms with Crippen molar-refractivity contribution in [1.29, 1.82) is 0 Å². The fraction of sp³-hybridized carbons (Fsp3) is 0.214. The number of hydrogen-bond donors (Lipinski definition) is 0. The minimum atomic E-state index is -0.320. The van der Waals surface area contributed by atoms with Gasteiger partial charge < -0.3 is 4.74 Å². The van der Waals surface area contributed by atoms with E-state index in [9.17, 15) is 4.79 Å². The molecule has 0 spiro atoms. The Morgan fingerprint density at radius 2 is 2.12 bits per heavy atom. The molecule has 2 heteroatoms. The molecule has 0 bridgehead atoms. The molecule has 0 atom stereocenters. The Hall–Kier alpha value is -1.83. The van der Waals surface area contributed by atoms with Crippen LogP contribution in [0.25, 0.3) is 0 Å². The number of hydrogen-bond acceptors (Lipinski definition) is 2. The van der Waals surface area contributed by atoms with E-state index in [-0.39, 0.29) is 5.97 Å². The molecule has 0 radical (unpaired) electrons. The van der Waals surface area contributed by atoms with Crippen molar-refractivity contribution in [2.75, 3.05) is 0 Å². The third-order valence-corrected chi connectivity index (χ3v) is 2.39. The summed E-state index contributed by atoms with van der Waals surface area (Å²) >= 11 is 0. The fourth-order valence-electron chi connectivity index (χ4n) is 1.58. The summed E-state index contributed by atoms with van der Waals surface area (Å²) in [5.41, 5.74) is 1.06. The third kappa shape index (κ3) is 3.09. The summed E-state index contributed by atoms with van der Waals surface area (Å²) in [6.07, 6.45) is 18.0. The molecule has 0 heterocycles. The molecule has 2 rings (SSSR count). The summed E-state index contributed by atoms with van der Waals surface area (Å²) in [6.45, 7) is 0. The summed E-state index contributed by atoms with van der Waals surface area (Å²) in [7, 11) is 0. The average Bonchev–Trinajstić information content (AvgIpc) is 2.81. The van der Waals surface area contributed by atoms with E-state index in [2.05, 4.69) is 12.2 Å². The Morgan fingerprint density at radius 1 is 1.19 bits per heavy atom. The summed E-state index contributed by atoms with van der Waals surface area (Å²) in [6, 6.07) is 0. The van der Waals surface area contributed by atoms with Crippen LogP contribution < -0.4 is 0 Å². The van der Waals surface area contributed by atoms with Crippen molar-refractivity contribution >= 4 is 5.97 Å². The molecule has 16 heavy (non-hydrogen) atoms. The largest absolute Gasteiger partial charge is 0.424 e. The minimum absolute atomic E-state index is 0.320. The molecule has 82 valence electrons. The van der Waals surface area contributed by atoms with E-state index in [1.165, 1.54) is 6.08 Å². The molecule has 0 aliphatic heterocycles. The fourth-order valence-corrected chi connectivity index (χ4v) is 1.58. The van der Waals surface area contributed by atoms with E-state index in [4.69, 9.17) is 4.74 Å². The van der Waals surface area contributed by atoms with Gasteiger partial charge in [-0.3, -0.25) is 0 Å². The van der Waals surface area contributed by atoms with Crippen molar-refractivity contribution in [3.63, 3.8) is 0 Å². The van der Waals surface area contributed by atoms with Gasteiger partial charge in [-0.1, -0.05) is 24.3 Å². The molecular formula is C14H14O2. The van der Waals surface area contributed by atoms with Gasteiger partial charge in [-0.2, -0.15) is 0 Å². The molecule has 0 saturated heterocycles. The maximum absolute atomic E-state index is 11.4.